The minimum absolute atomic E-state index is 0.00142. The van der Waals surface area contributed by atoms with Gasteiger partial charge in [0.25, 0.3) is 0 Å². The first-order chi connectivity index (χ1) is 12.5. The highest BCUT2D eigenvalue weighted by atomic mass is 32.1. The normalized spacial score (nSPS) is 12.0. The van der Waals surface area contributed by atoms with E-state index in [1.54, 1.807) is 23.5 Å². The third-order valence-electron chi connectivity index (χ3n) is 3.87. The Balaban J connectivity index is 1.74. The van der Waals surface area contributed by atoms with Gasteiger partial charge in [0.05, 0.1) is 6.54 Å². The molecule has 0 bridgehead atoms. The third-order valence-corrected chi connectivity index (χ3v) is 4.80. The minimum Gasteiger partial charge on any atom is -0.337 e. The summed E-state index contributed by atoms with van der Waals surface area (Å²) in [6, 6.07) is 9.53. The second-order valence-electron chi connectivity index (χ2n) is 6.29. The molecule has 0 aliphatic rings. The Morgan fingerprint density at radius 2 is 1.88 bits per heavy atom. The molecule has 1 unspecified atom stereocenters. The Bertz CT molecular complexity index is 702. The zero-order valence-corrected chi connectivity index (χ0v) is 15.7. The molecule has 0 aliphatic heterocycles. The van der Waals surface area contributed by atoms with Crippen LogP contribution in [0.2, 0.25) is 0 Å². The van der Waals surface area contributed by atoms with Crippen LogP contribution in [-0.4, -0.2) is 25.0 Å². The Kier molecular flexibility index (Phi) is 7.74. The summed E-state index contributed by atoms with van der Waals surface area (Å²) in [7, 11) is 0. The maximum Gasteiger partial charge on any atom is 0.321 e. The quantitative estimate of drug-likeness (QED) is 0.661. The predicted octanol–water partition coefficient (Wildman–Crippen LogP) is 3.24. The number of nitrogens with one attached hydrogen (secondary N) is 3. The summed E-state index contributed by atoms with van der Waals surface area (Å²) in [6.45, 7) is 4.49. The van der Waals surface area contributed by atoms with Crippen molar-refractivity contribution in [3.05, 3.63) is 58.0 Å². The molecule has 1 aromatic carbocycles. The van der Waals surface area contributed by atoms with E-state index in [2.05, 4.69) is 16.0 Å². The highest BCUT2D eigenvalue weighted by Crippen LogP contribution is 2.21. The van der Waals surface area contributed by atoms with Crippen LogP contribution in [0.3, 0.4) is 0 Å². The lowest BCUT2D eigenvalue weighted by molar-refractivity contribution is -0.119. The number of hydrogen-bond donors (Lipinski definition) is 3. The second kappa shape index (κ2) is 10.0. The molecule has 0 fully saturated rings. The SMILES string of the molecule is CC(C)C(NCC(=O)NC(=O)NCCc1cccs1)c1ccc(F)cc1. The van der Waals surface area contributed by atoms with Gasteiger partial charge >= 0.3 is 6.03 Å². The van der Waals surface area contributed by atoms with E-state index < -0.39 is 11.9 Å². The molecule has 2 aromatic rings. The van der Waals surface area contributed by atoms with Crippen molar-refractivity contribution < 1.29 is 14.0 Å². The number of urea groups is 1. The molecular weight excluding hydrogens is 353 g/mol. The summed E-state index contributed by atoms with van der Waals surface area (Å²) in [4.78, 5) is 24.9. The maximum atomic E-state index is 13.1. The minimum atomic E-state index is -0.503. The lowest BCUT2D eigenvalue weighted by Crippen LogP contribution is -2.44. The first-order valence-electron chi connectivity index (χ1n) is 8.54. The van der Waals surface area contributed by atoms with E-state index in [0.717, 1.165) is 12.0 Å². The van der Waals surface area contributed by atoms with Crippen LogP contribution in [0, 0.1) is 11.7 Å². The van der Waals surface area contributed by atoms with Gasteiger partial charge in [0.2, 0.25) is 5.91 Å². The van der Waals surface area contributed by atoms with Gasteiger partial charge in [-0.3, -0.25) is 10.1 Å². The highest BCUT2D eigenvalue weighted by Gasteiger charge is 2.17. The number of rotatable bonds is 8. The van der Waals surface area contributed by atoms with Crippen molar-refractivity contribution in [1.29, 1.82) is 0 Å². The van der Waals surface area contributed by atoms with Crippen LogP contribution in [-0.2, 0) is 11.2 Å². The van der Waals surface area contributed by atoms with Crippen LogP contribution < -0.4 is 16.0 Å². The lowest BCUT2D eigenvalue weighted by atomic mass is 9.96. The van der Waals surface area contributed by atoms with E-state index in [1.165, 1.54) is 17.0 Å². The van der Waals surface area contributed by atoms with Gasteiger partial charge in [-0.15, -0.1) is 11.3 Å². The Morgan fingerprint density at radius 1 is 1.15 bits per heavy atom. The number of carbonyl (C=O) groups is 2. The van der Waals surface area contributed by atoms with Crippen molar-refractivity contribution in [3.8, 4) is 0 Å². The van der Waals surface area contributed by atoms with E-state index >= 15 is 0 Å². The Morgan fingerprint density at radius 3 is 2.50 bits per heavy atom. The molecular formula is C19H24FN3O2S. The van der Waals surface area contributed by atoms with E-state index in [1.807, 2.05) is 31.4 Å². The molecule has 0 radical (unpaired) electrons. The van der Waals surface area contributed by atoms with Crippen molar-refractivity contribution in [1.82, 2.24) is 16.0 Å². The molecule has 26 heavy (non-hydrogen) atoms. The van der Waals surface area contributed by atoms with Crippen LogP contribution in [0.25, 0.3) is 0 Å². The fourth-order valence-corrected chi connectivity index (χ4v) is 3.29. The third kappa shape index (κ3) is 6.57. The monoisotopic (exact) mass is 377 g/mol. The fraction of sp³-hybridized carbons (Fsp3) is 0.368. The summed E-state index contributed by atoms with van der Waals surface area (Å²) in [5, 5.41) is 10.1. The summed E-state index contributed by atoms with van der Waals surface area (Å²) in [5.74, 6) is -0.507. The van der Waals surface area contributed by atoms with Crippen LogP contribution in [0.1, 0.15) is 30.3 Å². The van der Waals surface area contributed by atoms with Gasteiger partial charge in [0.1, 0.15) is 5.82 Å². The molecule has 2 rings (SSSR count). The van der Waals surface area contributed by atoms with Gasteiger partial charge < -0.3 is 10.6 Å². The number of thiophene rings is 1. The van der Waals surface area contributed by atoms with Gasteiger partial charge in [0.15, 0.2) is 0 Å². The summed E-state index contributed by atoms with van der Waals surface area (Å²) in [6.07, 6.45) is 0.734. The molecule has 0 aliphatic carbocycles. The molecule has 0 saturated heterocycles. The van der Waals surface area contributed by atoms with E-state index in [9.17, 15) is 14.0 Å². The Hall–Kier alpha value is -2.25. The molecule has 3 N–H and O–H groups in total. The van der Waals surface area contributed by atoms with Crippen LogP contribution >= 0.6 is 11.3 Å². The fourth-order valence-electron chi connectivity index (χ4n) is 2.58. The van der Waals surface area contributed by atoms with E-state index in [4.69, 9.17) is 0 Å². The molecule has 1 atom stereocenters. The molecule has 1 aromatic heterocycles. The van der Waals surface area contributed by atoms with Crippen molar-refractivity contribution in [3.63, 3.8) is 0 Å². The molecule has 1 heterocycles. The van der Waals surface area contributed by atoms with Crippen LogP contribution in [0.5, 0.6) is 0 Å². The van der Waals surface area contributed by atoms with Crippen molar-refractivity contribution in [2.45, 2.75) is 26.3 Å². The van der Waals surface area contributed by atoms with Gasteiger partial charge in [-0.05, 0) is 41.5 Å². The average Bonchev–Trinajstić information content (AvgIpc) is 3.09. The smallest absolute Gasteiger partial charge is 0.321 e. The van der Waals surface area contributed by atoms with Gasteiger partial charge in [-0.25, -0.2) is 9.18 Å². The average molecular weight is 377 g/mol. The van der Waals surface area contributed by atoms with Crippen molar-refractivity contribution in [2.24, 2.45) is 5.92 Å². The standard InChI is InChI=1S/C19H24FN3O2S/c1-13(2)18(14-5-7-15(20)8-6-14)22-12-17(24)23-19(25)21-10-9-16-4-3-11-26-16/h3-8,11,13,18,22H,9-10,12H2,1-2H3,(H2,21,23,24,25). The van der Waals surface area contributed by atoms with E-state index in [0.29, 0.717) is 6.54 Å². The molecule has 3 amide bonds. The number of amides is 3. The number of carbonyl (C=O) groups excluding carboxylic acids is 2. The van der Waals surface area contributed by atoms with Crippen LogP contribution in [0.15, 0.2) is 41.8 Å². The summed E-state index contributed by atoms with van der Waals surface area (Å²) >= 11 is 1.63. The summed E-state index contributed by atoms with van der Waals surface area (Å²) < 4.78 is 13.1. The maximum absolute atomic E-state index is 13.1. The van der Waals surface area contributed by atoms with Gasteiger partial charge in [-0.1, -0.05) is 32.0 Å². The van der Waals surface area contributed by atoms with Crippen LogP contribution in [0.4, 0.5) is 9.18 Å². The predicted molar refractivity (Wildman–Crippen MR) is 102 cm³/mol. The molecule has 140 valence electrons. The molecule has 0 saturated carbocycles. The second-order valence-corrected chi connectivity index (χ2v) is 7.32. The topological polar surface area (TPSA) is 70.2 Å². The highest BCUT2D eigenvalue weighted by molar-refractivity contribution is 7.09. The van der Waals surface area contributed by atoms with Crippen molar-refractivity contribution in [2.75, 3.05) is 13.1 Å². The Labute approximate surface area is 157 Å². The molecule has 0 spiro atoms. The zero-order chi connectivity index (χ0) is 18.9. The largest absolute Gasteiger partial charge is 0.337 e. The summed E-state index contributed by atoms with van der Waals surface area (Å²) in [5.41, 5.74) is 0.898. The molecule has 5 nitrogen and oxygen atoms in total. The number of benzene rings is 1. The molecule has 7 heteroatoms. The number of hydrogen-bond acceptors (Lipinski definition) is 4. The van der Waals surface area contributed by atoms with E-state index in [-0.39, 0.29) is 24.3 Å². The first kappa shape index (κ1) is 20.1. The number of halogens is 1. The lowest BCUT2D eigenvalue weighted by Gasteiger charge is -2.22. The van der Waals surface area contributed by atoms with Gasteiger partial charge in [-0.2, -0.15) is 0 Å². The first-order valence-corrected chi connectivity index (χ1v) is 9.42. The zero-order valence-electron chi connectivity index (χ0n) is 14.9. The van der Waals surface area contributed by atoms with Gasteiger partial charge in [0, 0.05) is 17.5 Å². The van der Waals surface area contributed by atoms with Crippen molar-refractivity contribution >= 4 is 23.3 Å². The number of imide groups is 1.